The Morgan fingerprint density at radius 2 is 1.94 bits per heavy atom. The van der Waals surface area contributed by atoms with Gasteiger partial charge < -0.3 is 19.5 Å². The predicted molar refractivity (Wildman–Crippen MR) is 127 cm³/mol. The number of pyridine rings is 2. The maximum atomic E-state index is 14.1. The van der Waals surface area contributed by atoms with E-state index in [1.165, 1.54) is 42.5 Å². The number of carboxylic acid groups (broad SMARTS) is 1. The monoisotopic (exact) mass is 479 g/mol. The number of hydrogen-bond acceptors (Lipinski definition) is 6. The van der Waals surface area contributed by atoms with Crippen LogP contribution in [-0.2, 0) is 4.74 Å². The number of amides is 2. The fourth-order valence-corrected chi connectivity index (χ4v) is 3.41. The molecule has 10 nitrogen and oxygen atoms in total. The smallest absolute Gasteiger partial charge is 0.410 e. The lowest BCUT2D eigenvalue weighted by Gasteiger charge is -2.19. The molecule has 2 amide bonds. The zero-order valence-corrected chi connectivity index (χ0v) is 18.9. The minimum atomic E-state index is -1.21. The van der Waals surface area contributed by atoms with Gasteiger partial charge in [-0.2, -0.15) is 0 Å². The summed E-state index contributed by atoms with van der Waals surface area (Å²) < 4.78 is 26.2. The van der Waals surface area contributed by atoms with E-state index in [1.54, 1.807) is 42.0 Å². The molecule has 0 radical (unpaired) electrons. The third-order valence-electron chi connectivity index (χ3n) is 5.20. The van der Waals surface area contributed by atoms with Crippen molar-refractivity contribution in [3.63, 3.8) is 0 Å². The zero-order valence-electron chi connectivity index (χ0n) is 18.9. The number of anilines is 2. The summed E-state index contributed by atoms with van der Waals surface area (Å²) in [6.45, 7) is 0.483. The van der Waals surface area contributed by atoms with Crippen LogP contribution in [0.2, 0.25) is 0 Å². The molecule has 11 heteroatoms. The zero-order chi connectivity index (χ0) is 24.9. The summed E-state index contributed by atoms with van der Waals surface area (Å²) in [4.78, 5) is 33.8. The van der Waals surface area contributed by atoms with E-state index in [0.717, 1.165) is 0 Å². The van der Waals surface area contributed by atoms with Crippen molar-refractivity contribution in [2.45, 2.75) is 0 Å². The number of carbonyl (C=O) groups excluding carboxylic acids is 1. The first-order valence-corrected chi connectivity index (χ1v) is 10.5. The second-order valence-electron chi connectivity index (χ2n) is 7.47. The molecule has 0 spiro atoms. The quantitative estimate of drug-likeness (QED) is 0.368. The fraction of sp³-hybridized carbons (Fsp3) is 0.167. The molecule has 0 saturated carbocycles. The highest BCUT2D eigenvalue weighted by Crippen LogP contribution is 2.26. The number of aromatic nitrogens is 3. The normalized spacial score (nSPS) is 10.8. The number of rotatable bonds is 8. The van der Waals surface area contributed by atoms with E-state index in [4.69, 9.17) is 14.6 Å². The van der Waals surface area contributed by atoms with E-state index in [-0.39, 0.29) is 24.1 Å². The maximum Gasteiger partial charge on any atom is 0.410 e. The lowest BCUT2D eigenvalue weighted by Crippen LogP contribution is -2.26. The summed E-state index contributed by atoms with van der Waals surface area (Å²) in [6.07, 6.45) is 3.60. The number of methoxy groups -OCH3 is 1. The van der Waals surface area contributed by atoms with Crippen molar-refractivity contribution in [2.75, 3.05) is 37.6 Å². The number of hydrogen-bond donors (Lipinski definition) is 2. The third kappa shape index (κ3) is 5.20. The van der Waals surface area contributed by atoms with Crippen LogP contribution in [0.5, 0.6) is 5.75 Å². The Hall–Kier alpha value is -4.51. The van der Waals surface area contributed by atoms with Gasteiger partial charge in [-0.05, 0) is 36.4 Å². The molecule has 0 saturated heterocycles. The number of nitrogens with one attached hydrogen (secondary N) is 1. The molecule has 3 heterocycles. The summed E-state index contributed by atoms with van der Waals surface area (Å²) in [6, 6.07) is 10.8. The molecule has 0 bridgehead atoms. The van der Waals surface area contributed by atoms with Crippen molar-refractivity contribution in [1.82, 2.24) is 14.4 Å². The molecule has 0 aliphatic rings. The van der Waals surface area contributed by atoms with Crippen LogP contribution in [0.25, 0.3) is 16.9 Å². The van der Waals surface area contributed by atoms with Gasteiger partial charge in [0.2, 0.25) is 0 Å². The number of carbonyl (C=O) groups is 2. The first-order chi connectivity index (χ1) is 16.9. The van der Waals surface area contributed by atoms with Crippen molar-refractivity contribution >= 4 is 29.2 Å². The maximum absolute atomic E-state index is 14.1. The molecule has 4 rings (SSSR count). The largest absolute Gasteiger partial charge is 0.488 e. The molecule has 0 fully saturated rings. The van der Waals surface area contributed by atoms with Gasteiger partial charge in [-0.1, -0.05) is 0 Å². The average Bonchev–Trinajstić information content (AvgIpc) is 3.28. The Morgan fingerprint density at radius 3 is 2.66 bits per heavy atom. The van der Waals surface area contributed by atoms with E-state index in [2.05, 4.69) is 15.3 Å². The van der Waals surface area contributed by atoms with Crippen LogP contribution in [-0.4, -0.2) is 58.8 Å². The third-order valence-corrected chi connectivity index (χ3v) is 5.20. The minimum absolute atomic E-state index is 0.0277. The van der Waals surface area contributed by atoms with Crippen molar-refractivity contribution in [3.8, 4) is 17.0 Å². The summed E-state index contributed by atoms with van der Waals surface area (Å²) in [7, 11) is 3.11. The van der Waals surface area contributed by atoms with E-state index >= 15 is 0 Å². The van der Waals surface area contributed by atoms with Gasteiger partial charge >= 0.3 is 6.09 Å². The van der Waals surface area contributed by atoms with Gasteiger partial charge in [0, 0.05) is 43.9 Å². The summed E-state index contributed by atoms with van der Waals surface area (Å²) in [5, 5.41) is 11.0. The molecule has 2 N–H and O–H groups in total. The van der Waals surface area contributed by atoms with E-state index in [0.29, 0.717) is 34.8 Å². The standard InChI is InChI=1S/C24H22FN5O5/c1-29(17-5-6-18(25)20(11-17)35-10-9-34-2)23(31)16-4-8-22-27-13-19(30(22)14-16)15-3-7-21(26-12-15)28-24(32)33/h3-8,11-14H,9-10H2,1-2H3,(H,26,28)(H,32,33). The molecule has 0 unspecified atom stereocenters. The van der Waals surface area contributed by atoms with Gasteiger partial charge in [-0.3, -0.25) is 14.5 Å². The van der Waals surface area contributed by atoms with E-state index in [9.17, 15) is 14.0 Å². The molecule has 180 valence electrons. The predicted octanol–water partition coefficient (Wildman–Crippen LogP) is 3.93. The second kappa shape index (κ2) is 10.2. The van der Waals surface area contributed by atoms with Gasteiger partial charge in [0.1, 0.15) is 18.1 Å². The molecule has 0 atom stereocenters. The second-order valence-corrected chi connectivity index (χ2v) is 7.47. The van der Waals surface area contributed by atoms with Crippen LogP contribution >= 0.6 is 0 Å². The topological polar surface area (TPSA) is 118 Å². The van der Waals surface area contributed by atoms with Crippen molar-refractivity contribution in [3.05, 3.63) is 72.4 Å². The molecular formula is C24H22FN5O5. The van der Waals surface area contributed by atoms with E-state index < -0.39 is 11.9 Å². The number of halogens is 1. The minimum Gasteiger partial charge on any atom is -0.488 e. The van der Waals surface area contributed by atoms with Crippen LogP contribution in [0, 0.1) is 5.82 Å². The van der Waals surface area contributed by atoms with Gasteiger partial charge in [0.25, 0.3) is 5.91 Å². The number of ether oxygens (including phenoxy) is 2. The van der Waals surface area contributed by atoms with Crippen LogP contribution in [0.4, 0.5) is 20.7 Å². The average molecular weight is 479 g/mol. The summed E-state index contributed by atoms with van der Waals surface area (Å²) in [5.41, 5.74) is 2.80. The van der Waals surface area contributed by atoms with Crippen molar-refractivity contribution in [1.29, 1.82) is 0 Å². The molecule has 0 aliphatic heterocycles. The van der Waals surface area contributed by atoms with Gasteiger partial charge in [0.15, 0.2) is 11.6 Å². The lowest BCUT2D eigenvalue weighted by molar-refractivity contribution is 0.0992. The highest BCUT2D eigenvalue weighted by atomic mass is 19.1. The Kier molecular flexibility index (Phi) is 6.88. The number of benzene rings is 1. The van der Waals surface area contributed by atoms with Crippen LogP contribution < -0.4 is 15.0 Å². The molecule has 35 heavy (non-hydrogen) atoms. The van der Waals surface area contributed by atoms with E-state index in [1.807, 2.05) is 0 Å². The Bertz CT molecular complexity index is 1370. The van der Waals surface area contributed by atoms with Crippen LogP contribution in [0.3, 0.4) is 0 Å². The fourth-order valence-electron chi connectivity index (χ4n) is 3.41. The highest BCUT2D eigenvalue weighted by Gasteiger charge is 2.18. The van der Waals surface area contributed by atoms with Crippen LogP contribution in [0.15, 0.2) is 61.1 Å². The van der Waals surface area contributed by atoms with Crippen molar-refractivity contribution < 1.29 is 28.6 Å². The van der Waals surface area contributed by atoms with Crippen LogP contribution in [0.1, 0.15) is 10.4 Å². The number of imidazole rings is 1. The highest BCUT2D eigenvalue weighted by molar-refractivity contribution is 6.05. The van der Waals surface area contributed by atoms with Gasteiger partial charge in [-0.15, -0.1) is 0 Å². The molecule has 4 aromatic rings. The Morgan fingerprint density at radius 1 is 1.11 bits per heavy atom. The Labute approximate surface area is 199 Å². The molecule has 0 aliphatic carbocycles. The summed E-state index contributed by atoms with van der Waals surface area (Å²) >= 11 is 0. The molecule has 1 aromatic carbocycles. The molecular weight excluding hydrogens is 457 g/mol. The van der Waals surface area contributed by atoms with Crippen molar-refractivity contribution in [2.24, 2.45) is 0 Å². The van der Waals surface area contributed by atoms with Gasteiger partial charge in [0.05, 0.1) is 24.1 Å². The first kappa shape index (κ1) is 23.6. The summed E-state index contributed by atoms with van der Waals surface area (Å²) in [5.74, 6) is -0.634. The Balaban J connectivity index is 1.60. The SMILES string of the molecule is COCCOc1cc(N(C)C(=O)c2ccc3ncc(-c4ccc(NC(=O)O)nc4)n3c2)ccc1F. The molecule has 3 aromatic heterocycles. The first-order valence-electron chi connectivity index (χ1n) is 10.5. The number of fused-ring (bicyclic) bond motifs is 1. The van der Waals surface area contributed by atoms with Gasteiger partial charge in [-0.25, -0.2) is 19.2 Å². The lowest BCUT2D eigenvalue weighted by atomic mass is 10.2. The number of nitrogens with zero attached hydrogens (tertiary/aromatic N) is 4.